The maximum absolute atomic E-state index is 12.2. The molecule has 0 aliphatic heterocycles. The minimum absolute atomic E-state index is 0.0934. The molecule has 1 unspecified atom stereocenters. The normalized spacial score (nSPS) is 13.7. The fourth-order valence-electron chi connectivity index (χ4n) is 1.84. The Bertz CT molecular complexity index is 748. The van der Waals surface area contributed by atoms with Gasteiger partial charge in [0.05, 0.1) is 0 Å². The van der Waals surface area contributed by atoms with Gasteiger partial charge >= 0.3 is 0 Å². The summed E-state index contributed by atoms with van der Waals surface area (Å²) in [5.74, 6) is 1.23. The van der Waals surface area contributed by atoms with Gasteiger partial charge in [-0.25, -0.2) is 12.7 Å². The molecule has 0 bridgehead atoms. The Labute approximate surface area is 129 Å². The molecule has 0 spiro atoms. The maximum Gasteiger partial charge on any atom is 0.293 e. The van der Waals surface area contributed by atoms with E-state index in [2.05, 4.69) is 15.5 Å². The molecule has 2 aromatic heterocycles. The zero-order valence-electron chi connectivity index (χ0n) is 13.2. The zero-order chi connectivity index (χ0) is 16.5. The molecule has 0 fully saturated rings. The highest BCUT2D eigenvalue weighted by atomic mass is 32.2. The number of likely N-dealkylation sites (N-methyl/N-ethyl adjacent to an activating group) is 1. The average Bonchev–Trinajstić information content (AvgIpc) is 3.05. The van der Waals surface area contributed by atoms with E-state index in [1.54, 1.807) is 6.92 Å². The summed E-state index contributed by atoms with van der Waals surface area (Å²) >= 11 is 0. The van der Waals surface area contributed by atoms with Crippen molar-refractivity contribution in [2.45, 2.75) is 31.2 Å². The van der Waals surface area contributed by atoms with Crippen molar-refractivity contribution >= 4 is 10.0 Å². The molecule has 1 N–H and O–H groups in total. The van der Waals surface area contributed by atoms with Gasteiger partial charge in [0.25, 0.3) is 5.89 Å². The number of nitrogens with one attached hydrogen (secondary N) is 1. The van der Waals surface area contributed by atoms with E-state index in [-0.39, 0.29) is 28.3 Å². The summed E-state index contributed by atoms with van der Waals surface area (Å²) in [6, 6.07) is 1.61. The van der Waals surface area contributed by atoms with Crippen molar-refractivity contribution in [1.82, 2.24) is 19.8 Å². The van der Waals surface area contributed by atoms with E-state index in [1.807, 2.05) is 14.0 Å². The van der Waals surface area contributed by atoms with Gasteiger partial charge in [0.2, 0.25) is 10.0 Å². The molecule has 8 nitrogen and oxygen atoms in total. The van der Waals surface area contributed by atoms with E-state index in [1.165, 1.54) is 20.2 Å². The number of sulfonamides is 1. The first kappa shape index (κ1) is 16.7. The van der Waals surface area contributed by atoms with E-state index < -0.39 is 10.0 Å². The van der Waals surface area contributed by atoms with E-state index >= 15 is 0 Å². The fraction of sp³-hybridized carbons (Fsp3) is 0.538. The Hall–Kier alpha value is -1.71. The molecule has 0 saturated carbocycles. The number of hydrogen-bond acceptors (Lipinski definition) is 7. The highest BCUT2D eigenvalue weighted by molar-refractivity contribution is 7.89. The number of nitrogens with zero attached hydrogens (tertiary/aromatic N) is 3. The van der Waals surface area contributed by atoms with Crippen LogP contribution in [0.4, 0.5) is 0 Å². The number of rotatable bonds is 6. The van der Waals surface area contributed by atoms with Crippen LogP contribution in [0.2, 0.25) is 0 Å². The number of hydrogen-bond donors (Lipinski definition) is 1. The highest BCUT2D eigenvalue weighted by Crippen LogP contribution is 2.28. The molecule has 0 aliphatic carbocycles. The standard InChI is InChI=1S/C13H20N4O4S/c1-8(14-3)6-12-15-13(21-16-12)10-7-11(9(2)20-10)22(18,19)17(4)5/h7-8,14H,6H2,1-5H3. The van der Waals surface area contributed by atoms with Gasteiger partial charge < -0.3 is 14.3 Å². The summed E-state index contributed by atoms with van der Waals surface area (Å²) in [4.78, 5) is 4.32. The zero-order valence-corrected chi connectivity index (χ0v) is 14.1. The van der Waals surface area contributed by atoms with Crippen LogP contribution in [-0.4, -0.2) is 50.0 Å². The summed E-state index contributed by atoms with van der Waals surface area (Å²) in [7, 11) is 1.20. The predicted molar refractivity (Wildman–Crippen MR) is 79.8 cm³/mol. The second-order valence-corrected chi connectivity index (χ2v) is 7.35. The van der Waals surface area contributed by atoms with Crippen LogP contribution in [0.15, 0.2) is 19.9 Å². The fourth-order valence-corrected chi connectivity index (χ4v) is 2.89. The van der Waals surface area contributed by atoms with Crippen LogP contribution < -0.4 is 5.32 Å². The van der Waals surface area contributed by atoms with E-state index in [9.17, 15) is 8.42 Å². The maximum atomic E-state index is 12.2. The molecule has 1 atom stereocenters. The van der Waals surface area contributed by atoms with Gasteiger partial charge in [-0.2, -0.15) is 4.98 Å². The molecule has 0 aromatic carbocycles. The number of aryl methyl sites for hydroxylation is 1. The van der Waals surface area contributed by atoms with Gasteiger partial charge in [-0.3, -0.25) is 0 Å². The molecule has 22 heavy (non-hydrogen) atoms. The minimum atomic E-state index is -3.57. The topological polar surface area (TPSA) is 101 Å². The second kappa shape index (κ2) is 6.19. The van der Waals surface area contributed by atoms with E-state index in [4.69, 9.17) is 8.94 Å². The van der Waals surface area contributed by atoms with Crippen LogP contribution in [0, 0.1) is 6.92 Å². The van der Waals surface area contributed by atoms with Crippen LogP contribution in [0.5, 0.6) is 0 Å². The lowest BCUT2D eigenvalue weighted by atomic mass is 10.2. The van der Waals surface area contributed by atoms with Crippen LogP contribution in [0.25, 0.3) is 11.7 Å². The third kappa shape index (κ3) is 3.21. The quantitative estimate of drug-likeness (QED) is 0.845. The van der Waals surface area contributed by atoms with Crippen LogP contribution in [-0.2, 0) is 16.4 Å². The summed E-state index contributed by atoms with van der Waals surface area (Å²) in [5, 5.41) is 6.95. The summed E-state index contributed by atoms with van der Waals surface area (Å²) in [6.07, 6.45) is 0.600. The van der Waals surface area contributed by atoms with E-state index in [0.29, 0.717) is 12.2 Å². The molecule has 2 rings (SSSR count). The molecule has 0 radical (unpaired) electrons. The van der Waals surface area contributed by atoms with Crippen LogP contribution in [0.1, 0.15) is 18.5 Å². The molecule has 0 saturated heterocycles. The summed E-state index contributed by atoms with van der Waals surface area (Å²) < 4.78 is 36.1. The highest BCUT2D eigenvalue weighted by Gasteiger charge is 2.26. The lowest BCUT2D eigenvalue weighted by molar-refractivity contribution is 0.403. The van der Waals surface area contributed by atoms with Gasteiger partial charge in [0, 0.05) is 32.6 Å². The first-order chi connectivity index (χ1) is 10.3. The first-order valence-corrected chi connectivity index (χ1v) is 8.23. The molecule has 9 heteroatoms. The van der Waals surface area contributed by atoms with Crippen molar-refractivity contribution in [2.24, 2.45) is 0 Å². The minimum Gasteiger partial charge on any atom is -0.455 e. The van der Waals surface area contributed by atoms with E-state index in [0.717, 1.165) is 4.31 Å². The molecular formula is C13H20N4O4S. The van der Waals surface area contributed by atoms with Gasteiger partial charge in [-0.1, -0.05) is 5.16 Å². The largest absolute Gasteiger partial charge is 0.455 e. The van der Waals surface area contributed by atoms with Crippen molar-refractivity contribution in [3.8, 4) is 11.7 Å². The van der Waals surface area contributed by atoms with Crippen molar-refractivity contribution < 1.29 is 17.4 Å². The Morgan fingerprint density at radius 3 is 2.68 bits per heavy atom. The van der Waals surface area contributed by atoms with Gasteiger partial charge in [-0.15, -0.1) is 0 Å². The Morgan fingerprint density at radius 2 is 2.09 bits per heavy atom. The Kier molecular flexibility index (Phi) is 4.69. The number of furan rings is 1. The SMILES string of the molecule is CNC(C)Cc1noc(-c2cc(S(=O)(=O)N(C)C)c(C)o2)n1. The molecular weight excluding hydrogens is 308 g/mol. The lowest BCUT2D eigenvalue weighted by Gasteiger charge is -2.09. The molecule has 2 aromatic rings. The van der Waals surface area contributed by atoms with Crippen molar-refractivity contribution in [2.75, 3.05) is 21.1 Å². The third-order valence-corrected chi connectivity index (χ3v) is 5.21. The second-order valence-electron chi connectivity index (χ2n) is 5.23. The van der Waals surface area contributed by atoms with Crippen LogP contribution >= 0.6 is 0 Å². The molecule has 0 amide bonds. The summed E-state index contributed by atoms with van der Waals surface area (Å²) in [5.41, 5.74) is 0. The molecule has 2 heterocycles. The lowest BCUT2D eigenvalue weighted by Crippen LogP contribution is -2.24. The Morgan fingerprint density at radius 1 is 1.41 bits per heavy atom. The monoisotopic (exact) mass is 328 g/mol. The van der Waals surface area contributed by atoms with Gasteiger partial charge in [-0.05, 0) is 20.9 Å². The van der Waals surface area contributed by atoms with Crippen molar-refractivity contribution in [3.63, 3.8) is 0 Å². The molecule has 0 aliphatic rings. The van der Waals surface area contributed by atoms with Gasteiger partial charge in [0.1, 0.15) is 10.7 Å². The molecule has 122 valence electrons. The predicted octanol–water partition coefficient (Wildman–Crippen LogP) is 1.04. The van der Waals surface area contributed by atoms with Crippen molar-refractivity contribution in [1.29, 1.82) is 0 Å². The van der Waals surface area contributed by atoms with Crippen molar-refractivity contribution in [3.05, 3.63) is 17.7 Å². The summed E-state index contributed by atoms with van der Waals surface area (Å²) in [6.45, 7) is 3.58. The van der Waals surface area contributed by atoms with Gasteiger partial charge in [0.15, 0.2) is 11.6 Å². The third-order valence-electron chi connectivity index (χ3n) is 3.29. The smallest absolute Gasteiger partial charge is 0.293 e. The first-order valence-electron chi connectivity index (χ1n) is 6.79. The Balaban J connectivity index is 2.32. The van der Waals surface area contributed by atoms with Crippen LogP contribution in [0.3, 0.4) is 0 Å². The average molecular weight is 328 g/mol. The number of aromatic nitrogens is 2.